The van der Waals surface area contributed by atoms with Crippen LogP contribution in [0.4, 0.5) is 5.82 Å². The van der Waals surface area contributed by atoms with Gasteiger partial charge in [-0.1, -0.05) is 11.8 Å². The Kier molecular flexibility index (Phi) is 4.97. The summed E-state index contributed by atoms with van der Waals surface area (Å²) in [6.07, 6.45) is 3.41. The zero-order valence-electron chi connectivity index (χ0n) is 14.3. The fraction of sp³-hybridized carbons (Fsp3) is 0.389. The smallest absolute Gasteiger partial charge is 0.251 e. The Hall–Kier alpha value is -1.90. The van der Waals surface area contributed by atoms with E-state index in [1.54, 1.807) is 0 Å². The second-order valence-electron chi connectivity index (χ2n) is 6.67. The van der Waals surface area contributed by atoms with Crippen LogP contribution in [0.2, 0.25) is 0 Å². The maximum absolute atomic E-state index is 12.5. The lowest BCUT2D eigenvalue weighted by Gasteiger charge is -2.21. The SMILES string of the molecule is CC(=O)Nc1csc(Sc2ccc(C(=O)NC3CC4CCC3N4)cc2)n1. The van der Waals surface area contributed by atoms with Gasteiger partial charge in [-0.2, -0.15) is 0 Å². The van der Waals surface area contributed by atoms with Crippen LogP contribution in [0, 0.1) is 0 Å². The summed E-state index contributed by atoms with van der Waals surface area (Å²) in [6, 6.07) is 8.81. The lowest BCUT2D eigenvalue weighted by atomic mass is 9.95. The van der Waals surface area contributed by atoms with Gasteiger partial charge in [0.15, 0.2) is 4.34 Å². The zero-order chi connectivity index (χ0) is 18.1. The topological polar surface area (TPSA) is 83.1 Å². The van der Waals surface area contributed by atoms with Crippen LogP contribution in [0.5, 0.6) is 0 Å². The Bertz CT molecular complexity index is 821. The number of benzene rings is 1. The van der Waals surface area contributed by atoms with Gasteiger partial charge in [-0.3, -0.25) is 9.59 Å². The number of carbonyl (C=O) groups excluding carboxylic acids is 2. The van der Waals surface area contributed by atoms with Gasteiger partial charge in [-0.25, -0.2) is 4.98 Å². The molecule has 1 aromatic heterocycles. The highest BCUT2D eigenvalue weighted by molar-refractivity contribution is 8.01. The Morgan fingerprint density at radius 3 is 2.73 bits per heavy atom. The number of anilines is 1. The molecule has 8 heteroatoms. The van der Waals surface area contributed by atoms with Crippen molar-refractivity contribution in [1.82, 2.24) is 15.6 Å². The summed E-state index contributed by atoms with van der Waals surface area (Å²) in [6.45, 7) is 1.46. The molecule has 3 N–H and O–H groups in total. The van der Waals surface area contributed by atoms with Crippen LogP contribution in [0.15, 0.2) is 38.9 Å². The van der Waals surface area contributed by atoms with Crippen molar-refractivity contribution in [2.24, 2.45) is 0 Å². The van der Waals surface area contributed by atoms with Gasteiger partial charge in [0.2, 0.25) is 5.91 Å². The highest BCUT2D eigenvalue weighted by Crippen LogP contribution is 2.32. The lowest BCUT2D eigenvalue weighted by Crippen LogP contribution is -2.42. The molecule has 0 radical (unpaired) electrons. The average molecular weight is 389 g/mol. The number of thiazole rings is 1. The molecule has 2 amide bonds. The number of nitrogens with zero attached hydrogens (tertiary/aromatic N) is 1. The van der Waals surface area contributed by atoms with E-state index in [1.807, 2.05) is 29.6 Å². The fourth-order valence-corrected chi connectivity index (χ4v) is 5.27. The molecule has 1 aromatic carbocycles. The second-order valence-corrected chi connectivity index (χ2v) is 8.85. The second kappa shape index (κ2) is 7.38. The third kappa shape index (κ3) is 3.92. The van der Waals surface area contributed by atoms with Gasteiger partial charge in [0.05, 0.1) is 0 Å². The molecule has 0 aliphatic carbocycles. The number of aromatic nitrogens is 1. The molecular formula is C18H20N4O2S2. The standard InChI is InChI=1S/C18H20N4O2S2/c1-10(23)19-16-9-25-18(22-16)26-13-5-2-11(3-6-13)17(24)21-15-8-12-4-7-14(15)20-12/h2-3,5-6,9,12,14-15,20H,4,7-8H2,1H3,(H,19,23)(H,21,24). The average Bonchev–Trinajstić information content (AvgIpc) is 3.32. The minimum Gasteiger partial charge on any atom is -0.348 e. The molecule has 3 atom stereocenters. The van der Waals surface area contributed by atoms with Gasteiger partial charge in [-0.05, 0) is 43.5 Å². The van der Waals surface area contributed by atoms with E-state index in [-0.39, 0.29) is 17.9 Å². The molecule has 4 rings (SSSR count). The highest BCUT2D eigenvalue weighted by atomic mass is 32.2. The van der Waals surface area contributed by atoms with Crippen LogP contribution in [0.3, 0.4) is 0 Å². The Morgan fingerprint density at radius 2 is 2.08 bits per heavy atom. The number of rotatable bonds is 5. The summed E-state index contributed by atoms with van der Waals surface area (Å²) in [7, 11) is 0. The largest absolute Gasteiger partial charge is 0.348 e. The third-order valence-corrected chi connectivity index (χ3v) is 6.67. The number of hydrogen-bond acceptors (Lipinski definition) is 6. The molecule has 2 bridgehead atoms. The minimum absolute atomic E-state index is 0.0110. The molecule has 2 aliphatic heterocycles. The van der Waals surface area contributed by atoms with E-state index >= 15 is 0 Å². The Morgan fingerprint density at radius 1 is 1.27 bits per heavy atom. The Balaban J connectivity index is 1.35. The molecule has 26 heavy (non-hydrogen) atoms. The predicted molar refractivity (Wildman–Crippen MR) is 103 cm³/mol. The van der Waals surface area contributed by atoms with E-state index in [2.05, 4.69) is 20.9 Å². The van der Waals surface area contributed by atoms with Crippen molar-refractivity contribution in [1.29, 1.82) is 0 Å². The van der Waals surface area contributed by atoms with Crippen LogP contribution in [0.1, 0.15) is 36.5 Å². The van der Waals surface area contributed by atoms with Crippen molar-refractivity contribution in [2.45, 2.75) is 53.5 Å². The van der Waals surface area contributed by atoms with Crippen molar-refractivity contribution < 1.29 is 9.59 Å². The first-order valence-corrected chi connectivity index (χ1v) is 10.3. The van der Waals surface area contributed by atoms with Gasteiger partial charge in [0.25, 0.3) is 5.91 Å². The minimum atomic E-state index is -0.132. The number of fused-ring (bicyclic) bond motifs is 2. The third-order valence-electron chi connectivity index (χ3n) is 4.73. The van der Waals surface area contributed by atoms with Crippen LogP contribution in [-0.2, 0) is 4.79 Å². The van der Waals surface area contributed by atoms with Crippen LogP contribution >= 0.6 is 23.1 Å². The number of amides is 2. The van der Waals surface area contributed by atoms with Crippen molar-refractivity contribution >= 4 is 40.7 Å². The van der Waals surface area contributed by atoms with Crippen LogP contribution < -0.4 is 16.0 Å². The van der Waals surface area contributed by atoms with E-state index in [9.17, 15) is 9.59 Å². The quantitative estimate of drug-likeness (QED) is 0.734. The number of carbonyl (C=O) groups is 2. The molecule has 3 heterocycles. The number of hydrogen-bond donors (Lipinski definition) is 3. The van der Waals surface area contributed by atoms with E-state index < -0.39 is 0 Å². The molecule has 0 spiro atoms. The first-order valence-electron chi connectivity index (χ1n) is 8.65. The molecule has 0 saturated carbocycles. The molecule has 2 aliphatic rings. The molecular weight excluding hydrogens is 368 g/mol. The molecule has 2 aromatic rings. The van der Waals surface area contributed by atoms with E-state index in [0.717, 1.165) is 22.1 Å². The monoisotopic (exact) mass is 388 g/mol. The van der Waals surface area contributed by atoms with Crippen molar-refractivity contribution in [3.8, 4) is 0 Å². The first-order chi connectivity index (χ1) is 12.6. The van der Waals surface area contributed by atoms with Gasteiger partial charge in [0, 0.05) is 40.9 Å². The molecule has 2 fully saturated rings. The summed E-state index contributed by atoms with van der Waals surface area (Å²) >= 11 is 2.99. The summed E-state index contributed by atoms with van der Waals surface area (Å²) in [5.74, 6) is 0.427. The normalized spacial score (nSPS) is 23.8. The van der Waals surface area contributed by atoms with Gasteiger partial charge in [-0.15, -0.1) is 11.3 Å². The Labute approximate surface area is 160 Å². The zero-order valence-corrected chi connectivity index (χ0v) is 16.0. The van der Waals surface area contributed by atoms with Gasteiger partial charge < -0.3 is 16.0 Å². The molecule has 2 saturated heterocycles. The first kappa shape index (κ1) is 17.5. The molecule has 6 nitrogen and oxygen atoms in total. The van der Waals surface area contributed by atoms with E-state index in [4.69, 9.17) is 0 Å². The lowest BCUT2D eigenvalue weighted by molar-refractivity contribution is -0.114. The summed E-state index contributed by atoms with van der Waals surface area (Å²) in [4.78, 5) is 28.9. The van der Waals surface area contributed by atoms with E-state index in [1.165, 1.54) is 36.4 Å². The van der Waals surface area contributed by atoms with Gasteiger partial charge in [0.1, 0.15) is 5.82 Å². The van der Waals surface area contributed by atoms with Gasteiger partial charge >= 0.3 is 0 Å². The van der Waals surface area contributed by atoms with E-state index in [0.29, 0.717) is 23.5 Å². The van der Waals surface area contributed by atoms with Crippen LogP contribution in [0.25, 0.3) is 0 Å². The van der Waals surface area contributed by atoms with Crippen molar-refractivity contribution in [3.63, 3.8) is 0 Å². The van der Waals surface area contributed by atoms with Crippen molar-refractivity contribution in [2.75, 3.05) is 5.32 Å². The maximum atomic E-state index is 12.5. The predicted octanol–water partition coefficient (Wildman–Crippen LogP) is 2.88. The maximum Gasteiger partial charge on any atom is 0.251 e. The summed E-state index contributed by atoms with van der Waals surface area (Å²) < 4.78 is 0.846. The molecule has 136 valence electrons. The summed E-state index contributed by atoms with van der Waals surface area (Å²) in [5, 5.41) is 11.2. The fourth-order valence-electron chi connectivity index (χ4n) is 3.55. The summed E-state index contributed by atoms with van der Waals surface area (Å²) in [5.41, 5.74) is 0.676. The van der Waals surface area contributed by atoms with Crippen molar-refractivity contribution in [3.05, 3.63) is 35.2 Å². The van der Waals surface area contributed by atoms with Crippen LogP contribution in [-0.4, -0.2) is 34.9 Å². The molecule has 3 unspecified atom stereocenters. The number of nitrogens with one attached hydrogen (secondary N) is 3. The highest BCUT2D eigenvalue weighted by Gasteiger charge is 2.39.